The first-order chi connectivity index (χ1) is 15.8. The number of alkyl halides is 6. The van der Waals surface area contributed by atoms with E-state index in [9.17, 15) is 39.9 Å². The van der Waals surface area contributed by atoms with Crippen LogP contribution in [0.15, 0.2) is 42.5 Å². The Balaban J connectivity index is 1.63. The third-order valence-corrected chi connectivity index (χ3v) is 5.38. The average molecular weight is 510 g/mol. The second-order valence-corrected chi connectivity index (χ2v) is 8.03. The van der Waals surface area contributed by atoms with Crippen LogP contribution in [0, 0.1) is 0 Å². The molecule has 1 atom stereocenters. The van der Waals surface area contributed by atoms with Crippen LogP contribution in [0.3, 0.4) is 0 Å². The first kappa shape index (κ1) is 25.8. The maximum Gasteiger partial charge on any atom is 0.573 e. The molecule has 1 unspecified atom stereocenters. The van der Waals surface area contributed by atoms with Gasteiger partial charge in [-0.3, -0.25) is 13.9 Å². The Morgan fingerprint density at radius 3 is 2.15 bits per heavy atom. The number of nitrogens with zero attached hydrogens (tertiary/aromatic N) is 2. The molecule has 186 valence electrons. The van der Waals surface area contributed by atoms with Crippen molar-refractivity contribution in [3.05, 3.63) is 59.2 Å². The number of halogens is 6. The standard InChI is InChI=1S/C20H19F6N3O4S/c21-19(22,23)15-4-1-13(2-5-15)12-28-7-9-29(10-8-28)18(30)14-3-6-16(27-34(31)32)17(11-14)33-20(24,25)26/h1-6,11,27H,7-10,12H2,(H,31,32)/p-1. The summed E-state index contributed by atoms with van der Waals surface area (Å²) in [4.78, 5) is 16.1. The number of carbonyl (C=O) groups excluding carboxylic acids is 1. The topological polar surface area (TPSA) is 84.9 Å². The number of ether oxygens (including phenoxy) is 1. The highest BCUT2D eigenvalue weighted by Crippen LogP contribution is 2.32. The summed E-state index contributed by atoms with van der Waals surface area (Å²) < 4.78 is 103. The quantitative estimate of drug-likeness (QED) is 0.473. The van der Waals surface area contributed by atoms with Gasteiger partial charge < -0.3 is 18.9 Å². The third kappa shape index (κ3) is 7.08. The van der Waals surface area contributed by atoms with Crippen LogP contribution in [0.5, 0.6) is 5.75 Å². The van der Waals surface area contributed by atoms with Crippen molar-refractivity contribution in [2.75, 3.05) is 30.9 Å². The molecule has 1 aliphatic heterocycles. The Labute approximate surface area is 192 Å². The minimum Gasteiger partial charge on any atom is -0.755 e. The van der Waals surface area contributed by atoms with Crippen LogP contribution in [0.4, 0.5) is 32.0 Å². The van der Waals surface area contributed by atoms with E-state index in [4.69, 9.17) is 0 Å². The number of hydrogen-bond acceptors (Lipinski definition) is 5. The van der Waals surface area contributed by atoms with E-state index in [-0.39, 0.29) is 18.7 Å². The molecule has 3 rings (SSSR count). The summed E-state index contributed by atoms with van der Waals surface area (Å²) in [6.45, 7) is 1.64. The molecule has 2 aromatic rings. The Morgan fingerprint density at radius 2 is 1.62 bits per heavy atom. The van der Waals surface area contributed by atoms with Crippen molar-refractivity contribution in [3.63, 3.8) is 0 Å². The largest absolute Gasteiger partial charge is 0.755 e. The van der Waals surface area contributed by atoms with Crippen molar-refractivity contribution in [3.8, 4) is 5.75 Å². The van der Waals surface area contributed by atoms with Crippen molar-refractivity contribution in [1.29, 1.82) is 0 Å². The van der Waals surface area contributed by atoms with Crippen LogP contribution in [-0.4, -0.2) is 57.0 Å². The number of anilines is 1. The summed E-state index contributed by atoms with van der Waals surface area (Å²) in [6.07, 6.45) is -9.53. The summed E-state index contributed by atoms with van der Waals surface area (Å²) in [5.74, 6) is -1.44. The molecular formula is C20H18F6N3O4S-. The second kappa shape index (κ2) is 10.2. The predicted molar refractivity (Wildman–Crippen MR) is 108 cm³/mol. The maximum atomic E-state index is 12.8. The van der Waals surface area contributed by atoms with Gasteiger partial charge in [-0.15, -0.1) is 13.2 Å². The number of nitrogens with one attached hydrogen (secondary N) is 1. The van der Waals surface area contributed by atoms with Gasteiger partial charge in [-0.25, -0.2) is 0 Å². The molecule has 0 spiro atoms. The number of benzene rings is 2. The zero-order chi connectivity index (χ0) is 25.1. The molecule has 1 saturated heterocycles. The minimum atomic E-state index is -5.10. The van der Waals surface area contributed by atoms with E-state index in [2.05, 4.69) is 4.74 Å². The van der Waals surface area contributed by atoms with E-state index in [1.807, 2.05) is 4.90 Å². The molecule has 14 heteroatoms. The third-order valence-electron chi connectivity index (χ3n) is 4.99. The molecule has 1 fully saturated rings. The number of hydrogen-bond donors (Lipinski definition) is 1. The van der Waals surface area contributed by atoms with E-state index in [1.54, 1.807) is 4.72 Å². The van der Waals surface area contributed by atoms with E-state index in [1.165, 1.54) is 23.1 Å². The van der Waals surface area contributed by atoms with E-state index in [0.717, 1.165) is 24.3 Å². The molecule has 1 N–H and O–H groups in total. The maximum absolute atomic E-state index is 12.8. The van der Waals surface area contributed by atoms with Gasteiger partial charge in [0, 0.05) is 49.6 Å². The molecule has 0 radical (unpaired) electrons. The molecule has 2 aromatic carbocycles. The summed E-state index contributed by atoms with van der Waals surface area (Å²) in [5, 5.41) is 0. The van der Waals surface area contributed by atoms with Gasteiger partial charge in [0.25, 0.3) is 5.91 Å². The zero-order valence-corrected chi connectivity index (χ0v) is 18.1. The molecule has 0 aromatic heterocycles. The fraction of sp³-hybridized carbons (Fsp3) is 0.350. The summed E-state index contributed by atoms with van der Waals surface area (Å²) in [7, 11) is 0. The summed E-state index contributed by atoms with van der Waals surface area (Å²) >= 11 is -2.91. The van der Waals surface area contributed by atoms with Crippen molar-refractivity contribution in [1.82, 2.24) is 9.80 Å². The lowest BCUT2D eigenvalue weighted by atomic mass is 10.1. The molecule has 1 amide bonds. The second-order valence-electron chi connectivity index (χ2n) is 7.36. The van der Waals surface area contributed by atoms with Gasteiger partial charge in [0.1, 0.15) is 0 Å². The lowest BCUT2D eigenvalue weighted by Gasteiger charge is -2.35. The van der Waals surface area contributed by atoms with Crippen molar-refractivity contribution in [2.24, 2.45) is 0 Å². The Hall–Kier alpha value is -2.84. The molecular weight excluding hydrogens is 492 g/mol. The normalized spacial score (nSPS) is 16.3. The first-order valence-electron chi connectivity index (χ1n) is 9.75. The van der Waals surface area contributed by atoms with Gasteiger partial charge in [-0.05, 0) is 35.9 Å². The van der Waals surface area contributed by atoms with Crippen LogP contribution in [-0.2, 0) is 24.0 Å². The average Bonchev–Trinajstić information content (AvgIpc) is 2.73. The highest BCUT2D eigenvalue weighted by molar-refractivity contribution is 7.80. The predicted octanol–water partition coefficient (Wildman–Crippen LogP) is 3.77. The van der Waals surface area contributed by atoms with Crippen LogP contribution in [0.2, 0.25) is 0 Å². The lowest BCUT2D eigenvalue weighted by molar-refractivity contribution is -0.274. The summed E-state index contributed by atoms with van der Waals surface area (Å²) in [6, 6.07) is 7.73. The minimum absolute atomic E-state index is 0.127. The van der Waals surface area contributed by atoms with Crippen LogP contribution in [0.1, 0.15) is 21.5 Å². The Morgan fingerprint density at radius 1 is 1.00 bits per heavy atom. The molecule has 34 heavy (non-hydrogen) atoms. The van der Waals surface area contributed by atoms with Gasteiger partial charge in [-0.2, -0.15) is 13.2 Å². The SMILES string of the molecule is O=C(c1ccc(NS(=O)[O-])c(OC(F)(F)F)c1)N1CCN(Cc2ccc(C(F)(F)F)cc2)CC1. The fourth-order valence-electron chi connectivity index (χ4n) is 3.39. The van der Waals surface area contributed by atoms with Gasteiger partial charge in [0.05, 0.1) is 11.3 Å². The highest BCUT2D eigenvalue weighted by Gasteiger charge is 2.33. The van der Waals surface area contributed by atoms with Crippen molar-refractivity contribution in [2.45, 2.75) is 19.1 Å². The number of amides is 1. The van der Waals surface area contributed by atoms with Gasteiger partial charge in [-0.1, -0.05) is 12.1 Å². The fourth-order valence-corrected chi connectivity index (χ4v) is 3.74. The van der Waals surface area contributed by atoms with Crippen molar-refractivity contribution >= 4 is 22.9 Å². The molecule has 0 aliphatic carbocycles. The van der Waals surface area contributed by atoms with E-state index < -0.39 is 46.7 Å². The zero-order valence-electron chi connectivity index (χ0n) is 17.3. The van der Waals surface area contributed by atoms with Gasteiger partial charge >= 0.3 is 12.5 Å². The monoisotopic (exact) mass is 510 g/mol. The molecule has 1 heterocycles. The van der Waals surface area contributed by atoms with Crippen LogP contribution >= 0.6 is 0 Å². The van der Waals surface area contributed by atoms with Gasteiger partial charge in [0.2, 0.25) is 0 Å². The number of rotatable bonds is 6. The molecule has 0 bridgehead atoms. The van der Waals surface area contributed by atoms with Crippen LogP contribution in [0.25, 0.3) is 0 Å². The molecule has 1 aliphatic rings. The van der Waals surface area contributed by atoms with E-state index >= 15 is 0 Å². The van der Waals surface area contributed by atoms with Crippen molar-refractivity contribution < 1.29 is 44.6 Å². The lowest BCUT2D eigenvalue weighted by Crippen LogP contribution is -2.48. The molecule has 0 saturated carbocycles. The Bertz CT molecular complexity index is 1040. The summed E-state index contributed by atoms with van der Waals surface area (Å²) in [5.41, 5.74) is -0.690. The first-order valence-corrected chi connectivity index (χ1v) is 10.8. The van der Waals surface area contributed by atoms with E-state index in [0.29, 0.717) is 25.2 Å². The number of piperazine rings is 1. The highest BCUT2D eigenvalue weighted by atomic mass is 32.2. The molecule has 7 nitrogen and oxygen atoms in total. The Kier molecular flexibility index (Phi) is 7.73. The van der Waals surface area contributed by atoms with Gasteiger partial charge in [0.15, 0.2) is 5.75 Å². The number of carbonyl (C=O) groups is 1. The van der Waals surface area contributed by atoms with Crippen LogP contribution < -0.4 is 9.46 Å². The smallest absolute Gasteiger partial charge is 0.573 e.